The van der Waals surface area contributed by atoms with E-state index in [0.717, 1.165) is 12.8 Å². The van der Waals surface area contributed by atoms with E-state index >= 15 is 4.39 Å². The molecule has 4 rings (SSSR count). The Labute approximate surface area is 191 Å². The van der Waals surface area contributed by atoms with Gasteiger partial charge in [-0.25, -0.2) is 13.9 Å². The number of nitrogens with zero attached hydrogens (tertiary/aromatic N) is 3. The van der Waals surface area contributed by atoms with Crippen LogP contribution in [0.15, 0.2) is 12.1 Å². The maximum atomic E-state index is 15.8. The van der Waals surface area contributed by atoms with Gasteiger partial charge >= 0.3 is 5.97 Å². The van der Waals surface area contributed by atoms with Gasteiger partial charge in [0, 0.05) is 19.8 Å². The minimum atomic E-state index is -0.881. The second kappa shape index (κ2) is 9.32. The number of ether oxygens (including phenoxy) is 2. The first kappa shape index (κ1) is 22.9. The Balaban J connectivity index is 1.91. The van der Waals surface area contributed by atoms with Crippen LogP contribution in [0.3, 0.4) is 0 Å². The minimum absolute atomic E-state index is 0.0261. The third-order valence-electron chi connectivity index (χ3n) is 6.44. The summed E-state index contributed by atoms with van der Waals surface area (Å²) < 4.78 is 27.8. The normalized spacial score (nSPS) is 17.1. The van der Waals surface area contributed by atoms with Crippen LogP contribution in [0.5, 0.6) is 0 Å². The quantitative estimate of drug-likeness (QED) is 0.696. The van der Waals surface area contributed by atoms with Crippen molar-refractivity contribution in [1.82, 2.24) is 15.1 Å². The van der Waals surface area contributed by atoms with Gasteiger partial charge in [0.2, 0.25) is 0 Å². The maximum Gasteiger partial charge on any atom is 0.341 e. The number of carbonyl (C=O) groups is 2. The van der Waals surface area contributed by atoms with E-state index in [4.69, 9.17) is 9.47 Å². The third-order valence-corrected chi connectivity index (χ3v) is 6.44. The van der Waals surface area contributed by atoms with Gasteiger partial charge in [0.15, 0.2) is 5.82 Å². The summed E-state index contributed by atoms with van der Waals surface area (Å²) in [7, 11) is 0. The lowest BCUT2D eigenvalue weighted by molar-refractivity contribution is 0.0154. The molecule has 9 heteroatoms. The molecule has 174 valence electrons. The van der Waals surface area contributed by atoms with Gasteiger partial charge in [0.05, 0.1) is 34.7 Å². The molecule has 1 amide bonds. The number of carbonyl (C=O) groups excluding carboxylic acids is 2. The Hall–Kier alpha value is -3.25. The number of rotatable bonds is 5. The molecule has 1 spiro atoms. The van der Waals surface area contributed by atoms with Crippen LogP contribution in [-0.4, -0.2) is 48.0 Å². The monoisotopic (exact) mass is 454 g/mol. The Morgan fingerprint density at radius 3 is 2.79 bits per heavy atom. The highest BCUT2D eigenvalue weighted by Crippen LogP contribution is 2.38. The number of amides is 1. The number of esters is 1. The Morgan fingerprint density at radius 2 is 2.12 bits per heavy atom. The van der Waals surface area contributed by atoms with E-state index < -0.39 is 11.8 Å². The van der Waals surface area contributed by atoms with Crippen molar-refractivity contribution in [3.05, 3.63) is 46.0 Å². The van der Waals surface area contributed by atoms with Crippen LogP contribution in [-0.2, 0) is 22.3 Å². The molecule has 3 heterocycles. The SMILES string of the molecule is CCCOC(=O)c1ccc(C#N)c(-n2nc(CC)c3c2CC2(CCOCC2)CNC3=O)c1F. The number of nitrogens with one attached hydrogen (secondary N) is 1. The van der Waals surface area contributed by atoms with E-state index in [0.29, 0.717) is 56.0 Å². The minimum Gasteiger partial charge on any atom is -0.462 e. The fraction of sp³-hybridized carbons (Fsp3) is 0.500. The zero-order chi connectivity index (χ0) is 23.6. The summed E-state index contributed by atoms with van der Waals surface area (Å²) in [5.74, 6) is -1.93. The average molecular weight is 455 g/mol. The lowest BCUT2D eigenvalue weighted by atomic mass is 9.76. The summed E-state index contributed by atoms with van der Waals surface area (Å²) in [6.45, 7) is 5.53. The van der Waals surface area contributed by atoms with Crippen LogP contribution in [0, 0.1) is 22.6 Å². The van der Waals surface area contributed by atoms with Crippen molar-refractivity contribution in [2.24, 2.45) is 5.41 Å². The highest BCUT2D eigenvalue weighted by atomic mass is 19.1. The first-order valence-electron chi connectivity index (χ1n) is 11.3. The molecule has 8 nitrogen and oxygen atoms in total. The van der Waals surface area contributed by atoms with E-state index in [2.05, 4.69) is 10.4 Å². The van der Waals surface area contributed by atoms with E-state index in [-0.39, 0.29) is 34.7 Å². The molecule has 1 aromatic carbocycles. The van der Waals surface area contributed by atoms with Crippen molar-refractivity contribution < 1.29 is 23.5 Å². The zero-order valence-corrected chi connectivity index (χ0v) is 18.9. The molecule has 0 radical (unpaired) electrons. The molecule has 2 aliphatic heterocycles. The maximum absolute atomic E-state index is 15.8. The fourth-order valence-corrected chi connectivity index (χ4v) is 4.59. The smallest absolute Gasteiger partial charge is 0.341 e. The topological polar surface area (TPSA) is 106 Å². The molecular weight excluding hydrogens is 427 g/mol. The number of nitriles is 1. The van der Waals surface area contributed by atoms with Crippen LogP contribution >= 0.6 is 0 Å². The lowest BCUT2D eigenvalue weighted by Gasteiger charge is -2.36. The predicted octanol–water partition coefficient (Wildman–Crippen LogP) is 3.09. The Bertz CT molecular complexity index is 1130. The van der Waals surface area contributed by atoms with E-state index in [9.17, 15) is 14.9 Å². The van der Waals surface area contributed by atoms with Gasteiger partial charge in [0.25, 0.3) is 5.91 Å². The molecule has 1 saturated heterocycles. The molecular formula is C24H27FN4O4. The van der Waals surface area contributed by atoms with Gasteiger partial charge in [-0.2, -0.15) is 10.4 Å². The van der Waals surface area contributed by atoms with Crippen molar-refractivity contribution in [2.75, 3.05) is 26.4 Å². The average Bonchev–Trinajstić information content (AvgIpc) is 3.12. The predicted molar refractivity (Wildman–Crippen MR) is 117 cm³/mol. The van der Waals surface area contributed by atoms with Crippen LogP contribution in [0.1, 0.15) is 70.8 Å². The molecule has 33 heavy (non-hydrogen) atoms. The lowest BCUT2D eigenvalue weighted by Crippen LogP contribution is -2.40. The zero-order valence-electron chi connectivity index (χ0n) is 18.9. The Morgan fingerprint density at radius 1 is 1.36 bits per heavy atom. The fourth-order valence-electron chi connectivity index (χ4n) is 4.59. The number of aromatic nitrogens is 2. The van der Waals surface area contributed by atoms with Crippen LogP contribution < -0.4 is 5.32 Å². The molecule has 2 aromatic rings. The van der Waals surface area contributed by atoms with E-state index in [1.807, 2.05) is 19.9 Å². The van der Waals surface area contributed by atoms with Crippen molar-refractivity contribution >= 4 is 11.9 Å². The van der Waals surface area contributed by atoms with Crippen molar-refractivity contribution in [2.45, 2.75) is 46.0 Å². The number of hydrogen-bond acceptors (Lipinski definition) is 6. The number of hydrogen-bond donors (Lipinski definition) is 1. The molecule has 1 N–H and O–H groups in total. The molecule has 1 fully saturated rings. The third kappa shape index (κ3) is 4.11. The molecule has 1 aromatic heterocycles. The number of fused-ring (bicyclic) bond motifs is 1. The summed E-state index contributed by atoms with van der Waals surface area (Å²) in [4.78, 5) is 25.5. The van der Waals surface area contributed by atoms with Gasteiger partial charge in [-0.1, -0.05) is 13.8 Å². The molecule has 0 atom stereocenters. The number of benzene rings is 1. The molecule has 0 aliphatic carbocycles. The molecule has 0 bridgehead atoms. The number of halogens is 1. The van der Waals surface area contributed by atoms with Gasteiger partial charge in [-0.3, -0.25) is 4.79 Å². The van der Waals surface area contributed by atoms with Crippen molar-refractivity contribution in [1.29, 1.82) is 5.26 Å². The second-order valence-electron chi connectivity index (χ2n) is 8.58. The van der Waals surface area contributed by atoms with Crippen molar-refractivity contribution in [3.63, 3.8) is 0 Å². The first-order chi connectivity index (χ1) is 15.9. The second-order valence-corrected chi connectivity index (χ2v) is 8.58. The van der Waals surface area contributed by atoms with E-state index in [1.165, 1.54) is 16.8 Å². The molecule has 0 saturated carbocycles. The molecule has 0 unspecified atom stereocenters. The highest BCUT2D eigenvalue weighted by Gasteiger charge is 2.40. The first-order valence-corrected chi connectivity index (χ1v) is 11.3. The van der Waals surface area contributed by atoms with Gasteiger partial charge in [-0.15, -0.1) is 0 Å². The summed E-state index contributed by atoms with van der Waals surface area (Å²) in [5, 5.41) is 17.3. The summed E-state index contributed by atoms with van der Waals surface area (Å²) in [5.41, 5.74) is 0.881. The van der Waals surface area contributed by atoms with Crippen LogP contribution in [0.4, 0.5) is 4.39 Å². The highest BCUT2D eigenvalue weighted by molar-refractivity contribution is 5.97. The standard InChI is InChI=1S/C24H27FN4O4/c1-3-9-33-23(31)16-6-5-15(13-26)21(20(16)25)29-18-12-24(7-10-32-11-8-24)14-27-22(30)19(18)17(4-2)28-29/h5-6H,3-4,7-12,14H2,1-2H3,(H,27,30). The number of aryl methyl sites for hydroxylation is 1. The van der Waals surface area contributed by atoms with Gasteiger partial charge < -0.3 is 14.8 Å². The molecule has 2 aliphatic rings. The van der Waals surface area contributed by atoms with E-state index in [1.54, 1.807) is 0 Å². The van der Waals surface area contributed by atoms with Crippen LogP contribution in [0.2, 0.25) is 0 Å². The summed E-state index contributed by atoms with van der Waals surface area (Å²) in [6.07, 6.45) is 3.03. The summed E-state index contributed by atoms with van der Waals surface area (Å²) >= 11 is 0. The Kier molecular flexibility index (Phi) is 6.47. The van der Waals surface area contributed by atoms with Gasteiger partial charge in [0.1, 0.15) is 11.8 Å². The van der Waals surface area contributed by atoms with Crippen molar-refractivity contribution in [3.8, 4) is 11.8 Å². The van der Waals surface area contributed by atoms with Gasteiger partial charge in [-0.05, 0) is 49.7 Å². The summed E-state index contributed by atoms with van der Waals surface area (Å²) in [6, 6.07) is 4.65. The van der Waals surface area contributed by atoms with Crippen LogP contribution in [0.25, 0.3) is 5.69 Å². The largest absolute Gasteiger partial charge is 0.462 e.